The number of nitrogens with two attached hydrogens (primary N) is 1. The Labute approximate surface area is 145 Å². The molecule has 4 aromatic rings. The fraction of sp³-hybridized carbons (Fsp3) is 0.100. The van der Waals surface area contributed by atoms with Crippen molar-refractivity contribution >= 4 is 17.0 Å². The van der Waals surface area contributed by atoms with Crippen LogP contribution in [0, 0.1) is 0 Å². The van der Waals surface area contributed by atoms with E-state index in [1.165, 1.54) is 0 Å². The van der Waals surface area contributed by atoms with E-state index >= 15 is 0 Å². The molecule has 124 valence electrons. The van der Waals surface area contributed by atoms with Gasteiger partial charge in [0, 0.05) is 0 Å². The van der Waals surface area contributed by atoms with E-state index in [2.05, 4.69) is 4.98 Å². The fourth-order valence-electron chi connectivity index (χ4n) is 3.03. The Kier molecular flexibility index (Phi) is 3.82. The average molecular weight is 330 g/mol. The van der Waals surface area contributed by atoms with Crippen LogP contribution in [0.4, 0.5) is 5.82 Å². The Morgan fingerprint density at radius 3 is 1.92 bits per heavy atom. The molecule has 0 aliphatic carbocycles. The van der Waals surface area contributed by atoms with Crippen molar-refractivity contribution in [1.82, 2.24) is 14.1 Å². The molecule has 0 spiro atoms. The third-order valence-corrected chi connectivity index (χ3v) is 4.25. The van der Waals surface area contributed by atoms with Crippen LogP contribution in [0.1, 0.15) is 11.1 Å². The van der Waals surface area contributed by atoms with Crippen LogP contribution in [0.5, 0.6) is 0 Å². The van der Waals surface area contributed by atoms with Gasteiger partial charge in [-0.25, -0.2) is 9.78 Å². The van der Waals surface area contributed by atoms with E-state index in [4.69, 9.17) is 5.73 Å². The molecule has 5 heteroatoms. The highest BCUT2D eigenvalue weighted by Gasteiger charge is 2.15. The zero-order valence-corrected chi connectivity index (χ0v) is 13.7. The number of rotatable bonds is 4. The smallest absolute Gasteiger partial charge is 0.330 e. The van der Waals surface area contributed by atoms with E-state index in [1.807, 2.05) is 66.7 Å². The van der Waals surface area contributed by atoms with Gasteiger partial charge in [0.25, 0.3) is 0 Å². The van der Waals surface area contributed by atoms with Crippen LogP contribution in [0.15, 0.2) is 77.6 Å². The van der Waals surface area contributed by atoms with Gasteiger partial charge in [-0.05, 0) is 23.3 Å². The Balaban J connectivity index is 1.86. The first-order valence-electron chi connectivity index (χ1n) is 8.16. The van der Waals surface area contributed by atoms with Crippen LogP contribution in [0.2, 0.25) is 0 Å². The van der Waals surface area contributed by atoms with Crippen LogP contribution in [0.3, 0.4) is 0 Å². The van der Waals surface area contributed by atoms with Crippen molar-refractivity contribution in [3.05, 3.63) is 94.4 Å². The van der Waals surface area contributed by atoms with Crippen LogP contribution < -0.4 is 11.4 Å². The number of imidazole rings is 1. The van der Waals surface area contributed by atoms with Gasteiger partial charge in [-0.1, -0.05) is 60.7 Å². The molecule has 4 rings (SSSR count). The van der Waals surface area contributed by atoms with E-state index in [-0.39, 0.29) is 5.69 Å². The summed E-state index contributed by atoms with van der Waals surface area (Å²) in [6.45, 7) is 0.970. The van der Waals surface area contributed by atoms with Crippen molar-refractivity contribution < 1.29 is 0 Å². The molecule has 2 aromatic heterocycles. The molecule has 0 aliphatic heterocycles. The lowest BCUT2D eigenvalue weighted by Crippen LogP contribution is -2.25. The molecule has 0 amide bonds. The van der Waals surface area contributed by atoms with Gasteiger partial charge >= 0.3 is 5.69 Å². The minimum Gasteiger partial charge on any atom is -0.384 e. The molecule has 0 radical (unpaired) electrons. The Morgan fingerprint density at radius 1 is 0.760 bits per heavy atom. The second-order valence-electron chi connectivity index (χ2n) is 6.00. The lowest BCUT2D eigenvalue weighted by molar-refractivity contribution is 0.698. The summed E-state index contributed by atoms with van der Waals surface area (Å²) in [6, 6.07) is 23.4. The number of hydrogen-bond acceptors (Lipinski definition) is 3. The fourth-order valence-corrected chi connectivity index (χ4v) is 3.03. The molecule has 0 saturated heterocycles. The highest BCUT2D eigenvalue weighted by Crippen LogP contribution is 2.16. The molecule has 2 N–H and O–H groups in total. The molecular weight excluding hydrogens is 312 g/mol. The quantitative estimate of drug-likeness (QED) is 0.626. The minimum atomic E-state index is -0.0826. The predicted molar refractivity (Wildman–Crippen MR) is 99.5 cm³/mol. The van der Waals surface area contributed by atoms with Crippen LogP contribution in [-0.4, -0.2) is 14.1 Å². The SMILES string of the molecule is Nc1ccc2c(n1)n(Cc1ccccc1)c(=O)n2Cc1ccccc1. The normalized spacial score (nSPS) is 11.0. The predicted octanol–water partition coefficient (Wildman–Crippen LogP) is 2.88. The highest BCUT2D eigenvalue weighted by molar-refractivity contribution is 5.74. The van der Waals surface area contributed by atoms with Gasteiger partial charge in [-0.15, -0.1) is 0 Å². The van der Waals surface area contributed by atoms with Crippen molar-refractivity contribution in [2.45, 2.75) is 13.1 Å². The Bertz CT molecular complexity index is 1070. The molecule has 0 fully saturated rings. The molecule has 25 heavy (non-hydrogen) atoms. The zero-order valence-electron chi connectivity index (χ0n) is 13.7. The number of pyridine rings is 1. The monoisotopic (exact) mass is 330 g/mol. The first-order chi connectivity index (χ1) is 12.2. The summed E-state index contributed by atoms with van der Waals surface area (Å²) in [5, 5.41) is 0. The summed E-state index contributed by atoms with van der Waals surface area (Å²) in [5.41, 5.74) is 9.30. The van der Waals surface area contributed by atoms with E-state index in [1.54, 1.807) is 15.2 Å². The maximum absolute atomic E-state index is 13.1. The second-order valence-corrected chi connectivity index (χ2v) is 6.00. The zero-order chi connectivity index (χ0) is 17.2. The number of hydrogen-bond donors (Lipinski definition) is 1. The van der Waals surface area contributed by atoms with Gasteiger partial charge in [0.15, 0.2) is 5.65 Å². The number of benzene rings is 2. The van der Waals surface area contributed by atoms with Gasteiger partial charge in [-0.3, -0.25) is 9.13 Å². The van der Waals surface area contributed by atoms with Gasteiger partial charge < -0.3 is 5.73 Å². The summed E-state index contributed by atoms with van der Waals surface area (Å²) < 4.78 is 3.43. The number of nitrogen functional groups attached to an aromatic ring is 1. The minimum absolute atomic E-state index is 0.0826. The molecule has 0 saturated carbocycles. The molecule has 5 nitrogen and oxygen atoms in total. The maximum atomic E-state index is 13.1. The van der Waals surface area contributed by atoms with E-state index < -0.39 is 0 Å². The van der Waals surface area contributed by atoms with Crippen molar-refractivity contribution in [3.63, 3.8) is 0 Å². The number of fused-ring (bicyclic) bond motifs is 1. The van der Waals surface area contributed by atoms with E-state index in [9.17, 15) is 4.79 Å². The Hall–Kier alpha value is -3.34. The number of nitrogens with zero attached hydrogens (tertiary/aromatic N) is 3. The molecule has 0 aliphatic rings. The van der Waals surface area contributed by atoms with Crippen molar-refractivity contribution in [2.24, 2.45) is 0 Å². The Morgan fingerprint density at radius 2 is 1.32 bits per heavy atom. The van der Waals surface area contributed by atoms with Gasteiger partial charge in [0.2, 0.25) is 0 Å². The largest absolute Gasteiger partial charge is 0.384 e. The number of aromatic nitrogens is 3. The van der Waals surface area contributed by atoms with Gasteiger partial charge in [0.1, 0.15) is 5.82 Å². The van der Waals surface area contributed by atoms with Crippen molar-refractivity contribution in [1.29, 1.82) is 0 Å². The summed E-state index contributed by atoms with van der Waals surface area (Å²) in [6.07, 6.45) is 0. The lowest BCUT2D eigenvalue weighted by atomic mass is 10.2. The van der Waals surface area contributed by atoms with Crippen molar-refractivity contribution in [2.75, 3.05) is 5.73 Å². The van der Waals surface area contributed by atoms with Crippen LogP contribution in [0.25, 0.3) is 11.2 Å². The first kappa shape index (κ1) is 15.2. The number of anilines is 1. The van der Waals surface area contributed by atoms with Crippen LogP contribution >= 0.6 is 0 Å². The lowest BCUT2D eigenvalue weighted by Gasteiger charge is -2.03. The summed E-state index contributed by atoms with van der Waals surface area (Å²) in [5.74, 6) is 0.408. The average Bonchev–Trinajstić information content (AvgIpc) is 2.89. The first-order valence-corrected chi connectivity index (χ1v) is 8.16. The molecule has 2 aromatic carbocycles. The molecular formula is C20H18N4O. The molecule has 2 heterocycles. The topological polar surface area (TPSA) is 65.8 Å². The summed E-state index contributed by atoms with van der Waals surface area (Å²) in [7, 11) is 0. The van der Waals surface area contributed by atoms with Crippen molar-refractivity contribution in [3.8, 4) is 0 Å². The van der Waals surface area contributed by atoms with E-state index in [0.717, 1.165) is 16.6 Å². The van der Waals surface area contributed by atoms with Gasteiger partial charge in [-0.2, -0.15) is 0 Å². The molecule has 0 atom stereocenters. The second kappa shape index (κ2) is 6.28. The van der Waals surface area contributed by atoms with Crippen LogP contribution in [-0.2, 0) is 13.1 Å². The van der Waals surface area contributed by atoms with E-state index in [0.29, 0.717) is 24.6 Å². The molecule has 0 unspecified atom stereocenters. The van der Waals surface area contributed by atoms with Gasteiger partial charge in [0.05, 0.1) is 18.6 Å². The highest BCUT2D eigenvalue weighted by atomic mass is 16.1. The third kappa shape index (κ3) is 2.92. The maximum Gasteiger partial charge on any atom is 0.330 e. The third-order valence-electron chi connectivity index (χ3n) is 4.25. The summed E-state index contributed by atoms with van der Waals surface area (Å²) >= 11 is 0. The molecule has 0 bridgehead atoms. The standard InChI is InChI=1S/C20H18N4O/c21-18-12-11-17-19(22-18)24(14-16-9-5-2-6-10-16)20(25)23(17)13-15-7-3-1-4-8-15/h1-12H,13-14H2,(H2,21,22). The summed E-state index contributed by atoms with van der Waals surface area (Å²) in [4.78, 5) is 17.5.